The van der Waals surface area contributed by atoms with Gasteiger partial charge in [0.1, 0.15) is 5.78 Å². The minimum atomic E-state index is 0.309. The number of rotatable bonds is 5. The Hall–Kier alpha value is -1.12. The monoisotopic (exact) mass is 248 g/mol. The molecule has 1 aliphatic rings. The smallest absolute Gasteiger partial charge is 0.141 e. The zero-order valence-electron chi connectivity index (χ0n) is 11.6. The molecule has 0 atom stereocenters. The van der Waals surface area contributed by atoms with Crippen LogP contribution in [0, 0.1) is 5.92 Å². The predicted octanol–water partition coefficient (Wildman–Crippen LogP) is 3.16. The lowest BCUT2D eigenvalue weighted by Crippen LogP contribution is -2.21. The Balaban J connectivity index is 2.03. The topological polar surface area (TPSA) is 34.9 Å². The third-order valence-electron chi connectivity index (χ3n) is 3.99. The molecule has 18 heavy (non-hydrogen) atoms. The van der Waals surface area contributed by atoms with Crippen LogP contribution in [0.5, 0.6) is 0 Å². The van der Waals surface area contributed by atoms with Crippen LogP contribution in [0.4, 0.5) is 0 Å². The third-order valence-corrected chi connectivity index (χ3v) is 3.99. The Morgan fingerprint density at radius 1 is 1.33 bits per heavy atom. The van der Waals surface area contributed by atoms with Gasteiger partial charge in [0.2, 0.25) is 0 Å². The summed E-state index contributed by atoms with van der Waals surface area (Å²) in [5.74, 6) is 0.732. The van der Waals surface area contributed by atoms with Gasteiger partial charge in [0.05, 0.1) is 5.69 Å². The molecule has 0 saturated heterocycles. The summed E-state index contributed by atoms with van der Waals surface area (Å²) in [7, 11) is 0. The lowest BCUT2D eigenvalue weighted by Gasteiger charge is -2.20. The summed E-state index contributed by atoms with van der Waals surface area (Å²) in [5, 5.41) is 4.51. The van der Waals surface area contributed by atoms with E-state index < -0.39 is 0 Å². The minimum absolute atomic E-state index is 0.309. The number of ketones is 1. The summed E-state index contributed by atoms with van der Waals surface area (Å²) in [6, 6.07) is 2.10. The molecule has 0 amide bonds. The van der Waals surface area contributed by atoms with E-state index in [1.807, 2.05) is 4.68 Å². The molecule has 1 heterocycles. The van der Waals surface area contributed by atoms with Crippen molar-refractivity contribution in [3.05, 3.63) is 17.5 Å². The van der Waals surface area contributed by atoms with Crippen LogP contribution in [0.25, 0.3) is 0 Å². The molecule has 0 N–H and O–H groups in total. The van der Waals surface area contributed by atoms with Gasteiger partial charge in [-0.25, -0.2) is 0 Å². The molecule has 1 saturated carbocycles. The number of aromatic nitrogens is 2. The molecule has 0 aliphatic heterocycles. The first kappa shape index (κ1) is 13.3. The van der Waals surface area contributed by atoms with Crippen molar-refractivity contribution in [3.8, 4) is 0 Å². The molecule has 0 aromatic carbocycles. The van der Waals surface area contributed by atoms with Crippen molar-refractivity contribution >= 4 is 5.78 Å². The molecular formula is C15H24N2O. The lowest BCUT2D eigenvalue weighted by atomic mass is 9.85. The molecule has 3 nitrogen and oxygen atoms in total. The second-order valence-corrected chi connectivity index (χ2v) is 5.27. The van der Waals surface area contributed by atoms with E-state index in [2.05, 4.69) is 25.0 Å². The van der Waals surface area contributed by atoms with Crippen LogP contribution in [0.15, 0.2) is 6.07 Å². The first-order valence-electron chi connectivity index (χ1n) is 7.32. The first-order valence-corrected chi connectivity index (χ1v) is 7.32. The normalized spacial score (nSPS) is 17.0. The number of aryl methyl sites for hydroxylation is 2. The fraction of sp³-hybridized carbons (Fsp3) is 0.733. The fourth-order valence-corrected chi connectivity index (χ4v) is 2.85. The highest BCUT2D eigenvalue weighted by Crippen LogP contribution is 2.25. The zero-order valence-corrected chi connectivity index (χ0v) is 11.6. The van der Waals surface area contributed by atoms with Crippen molar-refractivity contribution in [3.63, 3.8) is 0 Å². The summed E-state index contributed by atoms with van der Waals surface area (Å²) in [6.45, 7) is 5.05. The van der Waals surface area contributed by atoms with E-state index in [0.717, 1.165) is 37.2 Å². The Morgan fingerprint density at radius 2 is 2.06 bits per heavy atom. The molecule has 1 aliphatic carbocycles. The maximum atomic E-state index is 12.3. The standard InChI is InChI=1S/C15H24N2O/c1-3-13-10-14(17(4-2)16-13)11-15(18)12-8-6-5-7-9-12/h10,12H,3-9,11H2,1-2H3. The zero-order chi connectivity index (χ0) is 13.0. The van der Waals surface area contributed by atoms with Crippen molar-refractivity contribution in [2.75, 3.05) is 0 Å². The molecular weight excluding hydrogens is 224 g/mol. The average Bonchev–Trinajstić information content (AvgIpc) is 2.82. The highest BCUT2D eigenvalue weighted by Gasteiger charge is 2.22. The number of nitrogens with zero attached hydrogens (tertiary/aromatic N) is 2. The van der Waals surface area contributed by atoms with Crippen molar-refractivity contribution in [2.45, 2.75) is 65.3 Å². The molecule has 2 rings (SSSR count). The molecule has 100 valence electrons. The number of carbonyl (C=O) groups is 1. The van der Waals surface area contributed by atoms with Gasteiger partial charge in [0.25, 0.3) is 0 Å². The quantitative estimate of drug-likeness (QED) is 0.802. The van der Waals surface area contributed by atoms with Gasteiger partial charge in [-0.3, -0.25) is 9.48 Å². The molecule has 1 fully saturated rings. The number of hydrogen-bond acceptors (Lipinski definition) is 2. The maximum Gasteiger partial charge on any atom is 0.141 e. The molecule has 3 heteroatoms. The van der Waals surface area contributed by atoms with E-state index in [-0.39, 0.29) is 0 Å². The first-order chi connectivity index (χ1) is 8.74. The van der Waals surface area contributed by atoms with E-state index >= 15 is 0 Å². The van der Waals surface area contributed by atoms with Crippen LogP contribution < -0.4 is 0 Å². The molecule has 0 radical (unpaired) electrons. The fourth-order valence-electron chi connectivity index (χ4n) is 2.85. The van der Waals surface area contributed by atoms with E-state index in [4.69, 9.17) is 0 Å². The van der Waals surface area contributed by atoms with Crippen LogP contribution in [-0.2, 0) is 24.2 Å². The van der Waals surface area contributed by atoms with Gasteiger partial charge in [0, 0.05) is 24.6 Å². The van der Waals surface area contributed by atoms with Crippen LogP contribution in [0.1, 0.15) is 57.3 Å². The van der Waals surface area contributed by atoms with Gasteiger partial charge in [0.15, 0.2) is 0 Å². The molecule has 1 aromatic rings. The summed E-state index contributed by atoms with van der Waals surface area (Å²) in [6.07, 6.45) is 7.46. The maximum absolute atomic E-state index is 12.3. The summed E-state index contributed by atoms with van der Waals surface area (Å²) < 4.78 is 1.99. The van der Waals surface area contributed by atoms with Crippen LogP contribution in [0.2, 0.25) is 0 Å². The van der Waals surface area contributed by atoms with E-state index in [0.29, 0.717) is 18.1 Å². The molecule has 1 aromatic heterocycles. The molecule has 0 unspecified atom stereocenters. The lowest BCUT2D eigenvalue weighted by molar-refractivity contribution is -0.123. The second kappa shape index (κ2) is 6.17. The Bertz CT molecular complexity index is 403. The predicted molar refractivity (Wildman–Crippen MR) is 72.6 cm³/mol. The average molecular weight is 248 g/mol. The number of Topliss-reactive ketones (excluding diaryl/α,β-unsaturated/α-hetero) is 1. The second-order valence-electron chi connectivity index (χ2n) is 5.27. The van der Waals surface area contributed by atoms with Gasteiger partial charge in [-0.1, -0.05) is 26.2 Å². The van der Waals surface area contributed by atoms with E-state index in [1.165, 1.54) is 19.3 Å². The number of carbonyl (C=O) groups excluding carboxylic acids is 1. The Kier molecular flexibility index (Phi) is 4.56. The van der Waals surface area contributed by atoms with Crippen molar-refractivity contribution in [2.24, 2.45) is 5.92 Å². The minimum Gasteiger partial charge on any atom is -0.299 e. The van der Waals surface area contributed by atoms with Crippen LogP contribution in [-0.4, -0.2) is 15.6 Å². The largest absolute Gasteiger partial charge is 0.299 e. The number of hydrogen-bond donors (Lipinski definition) is 0. The van der Waals surface area contributed by atoms with E-state index in [9.17, 15) is 4.79 Å². The highest BCUT2D eigenvalue weighted by molar-refractivity contribution is 5.83. The Morgan fingerprint density at radius 3 is 2.67 bits per heavy atom. The van der Waals surface area contributed by atoms with Crippen LogP contribution >= 0.6 is 0 Å². The molecule has 0 spiro atoms. The summed E-state index contributed by atoms with van der Waals surface area (Å²) in [4.78, 5) is 12.3. The van der Waals surface area contributed by atoms with Gasteiger partial charge in [-0.05, 0) is 32.3 Å². The summed E-state index contributed by atoms with van der Waals surface area (Å²) >= 11 is 0. The van der Waals surface area contributed by atoms with Crippen molar-refractivity contribution in [1.29, 1.82) is 0 Å². The molecule has 0 bridgehead atoms. The highest BCUT2D eigenvalue weighted by atomic mass is 16.1. The van der Waals surface area contributed by atoms with Gasteiger partial charge >= 0.3 is 0 Å². The SMILES string of the molecule is CCc1cc(CC(=O)C2CCCCC2)n(CC)n1. The van der Waals surface area contributed by atoms with Gasteiger partial charge in [-0.2, -0.15) is 5.10 Å². The summed E-state index contributed by atoms with van der Waals surface area (Å²) in [5.41, 5.74) is 2.20. The van der Waals surface area contributed by atoms with E-state index in [1.54, 1.807) is 0 Å². The van der Waals surface area contributed by atoms with Gasteiger partial charge in [-0.15, -0.1) is 0 Å². The van der Waals surface area contributed by atoms with Gasteiger partial charge < -0.3 is 0 Å². The van der Waals surface area contributed by atoms with Crippen molar-refractivity contribution < 1.29 is 4.79 Å². The van der Waals surface area contributed by atoms with Crippen LogP contribution in [0.3, 0.4) is 0 Å². The Labute approximate surface area is 110 Å². The van der Waals surface area contributed by atoms with Crippen molar-refractivity contribution in [1.82, 2.24) is 9.78 Å². The third kappa shape index (κ3) is 3.01.